The van der Waals surface area contributed by atoms with Crippen molar-refractivity contribution < 1.29 is 9.90 Å². The van der Waals surface area contributed by atoms with Gasteiger partial charge in [0.15, 0.2) is 0 Å². The number of carbonyl (C=O) groups excluding carboxylic acids is 1. The summed E-state index contributed by atoms with van der Waals surface area (Å²) in [4.78, 5) is 13.9. The van der Waals surface area contributed by atoms with Crippen LogP contribution in [0.25, 0.3) is 0 Å². The number of hydrogen-bond donors (Lipinski definition) is 2. The molecular weight excluding hydrogens is 228 g/mol. The zero-order chi connectivity index (χ0) is 13.4. The maximum absolute atomic E-state index is 12.1. The molecule has 1 aliphatic heterocycles. The quantitative estimate of drug-likeness (QED) is 0.677. The van der Waals surface area contributed by atoms with Gasteiger partial charge >= 0.3 is 0 Å². The third-order valence-electron chi connectivity index (χ3n) is 3.90. The normalized spacial score (nSPS) is 23.9. The van der Waals surface area contributed by atoms with Crippen molar-refractivity contribution in [1.29, 1.82) is 0 Å². The van der Waals surface area contributed by atoms with Gasteiger partial charge in [0.25, 0.3) is 0 Å². The van der Waals surface area contributed by atoms with Gasteiger partial charge in [0.1, 0.15) is 0 Å². The minimum Gasteiger partial charge on any atom is -0.396 e. The van der Waals surface area contributed by atoms with Gasteiger partial charge < -0.3 is 15.3 Å². The molecule has 0 aromatic carbocycles. The van der Waals surface area contributed by atoms with Gasteiger partial charge in [0.2, 0.25) is 5.91 Å². The molecule has 0 aromatic heterocycles. The van der Waals surface area contributed by atoms with E-state index in [4.69, 9.17) is 5.11 Å². The highest BCUT2D eigenvalue weighted by atomic mass is 16.2. The second-order valence-electron chi connectivity index (χ2n) is 5.48. The molecule has 4 nitrogen and oxygen atoms in total. The van der Waals surface area contributed by atoms with E-state index in [1.165, 1.54) is 12.8 Å². The summed E-state index contributed by atoms with van der Waals surface area (Å²) in [6.07, 6.45) is 5.89. The van der Waals surface area contributed by atoms with Gasteiger partial charge in [0.05, 0.1) is 0 Å². The standard InChI is InChI=1S/C14H28N2O2/c1-12-7-6-8-15-13(12)11-14(18)16(2)9-4-3-5-10-17/h12-13,15,17H,3-11H2,1-2H3. The predicted molar refractivity (Wildman–Crippen MR) is 73.4 cm³/mol. The molecule has 2 atom stereocenters. The average Bonchev–Trinajstić information content (AvgIpc) is 2.37. The second-order valence-corrected chi connectivity index (χ2v) is 5.48. The Hall–Kier alpha value is -0.610. The summed E-state index contributed by atoms with van der Waals surface area (Å²) >= 11 is 0. The maximum Gasteiger partial charge on any atom is 0.223 e. The molecule has 1 aliphatic rings. The van der Waals surface area contributed by atoms with Gasteiger partial charge in [-0.3, -0.25) is 4.79 Å². The van der Waals surface area contributed by atoms with Crippen molar-refractivity contribution in [2.75, 3.05) is 26.7 Å². The Bertz CT molecular complexity index is 246. The number of amides is 1. The van der Waals surface area contributed by atoms with Crippen LogP contribution in [-0.4, -0.2) is 48.7 Å². The molecule has 106 valence electrons. The van der Waals surface area contributed by atoms with E-state index in [0.717, 1.165) is 32.4 Å². The van der Waals surface area contributed by atoms with E-state index in [-0.39, 0.29) is 12.5 Å². The van der Waals surface area contributed by atoms with Crippen LogP contribution < -0.4 is 5.32 Å². The first-order valence-electron chi connectivity index (χ1n) is 7.23. The van der Waals surface area contributed by atoms with E-state index in [0.29, 0.717) is 18.4 Å². The van der Waals surface area contributed by atoms with Gasteiger partial charge in [-0.05, 0) is 44.6 Å². The summed E-state index contributed by atoms with van der Waals surface area (Å²) in [5, 5.41) is 12.1. The van der Waals surface area contributed by atoms with Gasteiger partial charge in [-0.25, -0.2) is 0 Å². The van der Waals surface area contributed by atoms with Crippen LogP contribution in [0, 0.1) is 5.92 Å². The van der Waals surface area contributed by atoms with Gasteiger partial charge in [-0.2, -0.15) is 0 Å². The van der Waals surface area contributed by atoms with Crippen LogP contribution in [0.4, 0.5) is 0 Å². The Labute approximate surface area is 111 Å². The van der Waals surface area contributed by atoms with Crippen molar-refractivity contribution in [3.63, 3.8) is 0 Å². The summed E-state index contributed by atoms with van der Waals surface area (Å²) in [5.74, 6) is 0.843. The van der Waals surface area contributed by atoms with Crippen LogP contribution in [0.2, 0.25) is 0 Å². The molecule has 1 saturated heterocycles. The lowest BCUT2D eigenvalue weighted by atomic mass is 9.90. The lowest BCUT2D eigenvalue weighted by molar-refractivity contribution is -0.130. The predicted octanol–water partition coefficient (Wildman–Crippen LogP) is 1.39. The molecule has 0 aromatic rings. The Kier molecular flexibility index (Phi) is 7.28. The molecule has 1 amide bonds. The van der Waals surface area contributed by atoms with Crippen LogP contribution in [0.3, 0.4) is 0 Å². The number of nitrogens with one attached hydrogen (secondary N) is 1. The Morgan fingerprint density at radius 3 is 2.83 bits per heavy atom. The average molecular weight is 256 g/mol. The van der Waals surface area contributed by atoms with Crippen LogP contribution >= 0.6 is 0 Å². The fourth-order valence-corrected chi connectivity index (χ4v) is 2.49. The first-order chi connectivity index (χ1) is 8.65. The molecule has 0 spiro atoms. The second kappa shape index (κ2) is 8.48. The highest BCUT2D eigenvalue weighted by Crippen LogP contribution is 2.18. The van der Waals surface area contributed by atoms with E-state index >= 15 is 0 Å². The first kappa shape index (κ1) is 15.4. The highest BCUT2D eigenvalue weighted by Gasteiger charge is 2.24. The van der Waals surface area contributed by atoms with Crippen molar-refractivity contribution >= 4 is 5.91 Å². The van der Waals surface area contributed by atoms with Crippen molar-refractivity contribution in [2.24, 2.45) is 5.92 Å². The number of aliphatic hydroxyl groups excluding tert-OH is 1. The molecule has 1 heterocycles. The SMILES string of the molecule is CC1CCCNC1CC(=O)N(C)CCCCCO. The van der Waals surface area contributed by atoms with E-state index in [2.05, 4.69) is 12.2 Å². The lowest BCUT2D eigenvalue weighted by Gasteiger charge is -2.31. The Balaban J connectivity index is 2.21. The van der Waals surface area contributed by atoms with Crippen LogP contribution in [-0.2, 0) is 4.79 Å². The van der Waals surface area contributed by atoms with Crippen molar-refractivity contribution in [3.8, 4) is 0 Å². The molecule has 4 heteroatoms. The fourth-order valence-electron chi connectivity index (χ4n) is 2.49. The number of unbranched alkanes of at least 4 members (excludes halogenated alkanes) is 2. The third-order valence-corrected chi connectivity index (χ3v) is 3.90. The Morgan fingerprint density at radius 2 is 2.17 bits per heavy atom. The molecule has 0 aliphatic carbocycles. The van der Waals surface area contributed by atoms with Crippen molar-refractivity contribution in [1.82, 2.24) is 10.2 Å². The molecule has 1 fully saturated rings. The summed E-state index contributed by atoms with van der Waals surface area (Å²) in [5.41, 5.74) is 0. The first-order valence-corrected chi connectivity index (χ1v) is 7.23. The van der Waals surface area contributed by atoms with Gasteiger partial charge in [-0.1, -0.05) is 6.92 Å². The number of nitrogens with zero attached hydrogens (tertiary/aromatic N) is 1. The number of aliphatic hydroxyl groups is 1. The molecule has 0 saturated carbocycles. The molecule has 0 radical (unpaired) electrons. The van der Waals surface area contributed by atoms with Crippen LogP contribution in [0.5, 0.6) is 0 Å². The molecule has 2 unspecified atom stereocenters. The summed E-state index contributed by atoms with van der Waals surface area (Å²) in [7, 11) is 1.88. The topological polar surface area (TPSA) is 52.6 Å². The van der Waals surface area contributed by atoms with Crippen molar-refractivity contribution in [2.45, 2.75) is 51.5 Å². The third kappa shape index (κ3) is 5.36. The summed E-state index contributed by atoms with van der Waals surface area (Å²) < 4.78 is 0. The van der Waals surface area contributed by atoms with Gasteiger partial charge in [0, 0.05) is 32.7 Å². The van der Waals surface area contributed by atoms with E-state index in [1.54, 1.807) is 0 Å². The summed E-state index contributed by atoms with van der Waals surface area (Å²) in [6, 6.07) is 0.353. The molecule has 2 N–H and O–H groups in total. The number of carbonyl (C=O) groups is 1. The molecule has 1 rings (SSSR count). The zero-order valence-corrected chi connectivity index (χ0v) is 11.8. The fraction of sp³-hybridized carbons (Fsp3) is 0.929. The monoisotopic (exact) mass is 256 g/mol. The smallest absolute Gasteiger partial charge is 0.223 e. The minimum absolute atomic E-state index is 0.241. The van der Waals surface area contributed by atoms with E-state index in [9.17, 15) is 4.79 Å². The number of rotatable bonds is 7. The molecular formula is C14H28N2O2. The minimum atomic E-state index is 0.241. The Morgan fingerprint density at radius 1 is 1.39 bits per heavy atom. The van der Waals surface area contributed by atoms with Crippen LogP contribution in [0.1, 0.15) is 45.4 Å². The molecule has 18 heavy (non-hydrogen) atoms. The summed E-state index contributed by atoms with van der Waals surface area (Å²) in [6.45, 7) is 4.33. The number of piperidine rings is 1. The van der Waals surface area contributed by atoms with E-state index in [1.807, 2.05) is 11.9 Å². The largest absolute Gasteiger partial charge is 0.396 e. The van der Waals surface area contributed by atoms with Crippen molar-refractivity contribution in [3.05, 3.63) is 0 Å². The maximum atomic E-state index is 12.1. The van der Waals surface area contributed by atoms with E-state index < -0.39 is 0 Å². The van der Waals surface area contributed by atoms with Gasteiger partial charge in [-0.15, -0.1) is 0 Å². The van der Waals surface area contributed by atoms with Crippen LogP contribution in [0.15, 0.2) is 0 Å². The highest BCUT2D eigenvalue weighted by molar-refractivity contribution is 5.76. The lowest BCUT2D eigenvalue weighted by Crippen LogP contribution is -2.44. The zero-order valence-electron chi connectivity index (χ0n) is 11.8. The number of hydrogen-bond acceptors (Lipinski definition) is 3. The molecule has 0 bridgehead atoms.